The van der Waals surface area contributed by atoms with Crippen molar-refractivity contribution in [3.05, 3.63) is 18.0 Å². The maximum Gasteiger partial charge on any atom is 0.163 e. The maximum absolute atomic E-state index is 5.25. The van der Waals surface area contributed by atoms with E-state index >= 15 is 0 Å². The fourth-order valence-electron chi connectivity index (χ4n) is 0.883. The van der Waals surface area contributed by atoms with Gasteiger partial charge in [-0.3, -0.25) is 4.68 Å². The van der Waals surface area contributed by atoms with Gasteiger partial charge in [0.1, 0.15) is 0 Å². The number of thiocarbonyl (C=S) groups is 1. The second-order valence-corrected chi connectivity index (χ2v) is 3.01. The molecule has 0 unspecified atom stereocenters. The van der Waals surface area contributed by atoms with Crippen LogP contribution in [-0.2, 0) is 6.54 Å². The monoisotopic (exact) mass is 184 g/mol. The molecule has 4 nitrogen and oxygen atoms in total. The zero-order chi connectivity index (χ0) is 8.97. The van der Waals surface area contributed by atoms with Crippen LogP contribution in [0, 0.1) is 6.92 Å². The van der Waals surface area contributed by atoms with Gasteiger partial charge in [0.25, 0.3) is 0 Å². The topological polar surface area (TPSA) is 55.9 Å². The lowest BCUT2D eigenvalue weighted by Gasteiger charge is -2.02. The highest BCUT2D eigenvalue weighted by Crippen LogP contribution is 1.92. The number of nitrogens with two attached hydrogens (primary N) is 1. The van der Waals surface area contributed by atoms with E-state index in [4.69, 9.17) is 5.73 Å². The molecule has 0 aliphatic rings. The number of nitrogens with one attached hydrogen (secondary N) is 1. The average molecular weight is 184 g/mol. The zero-order valence-electron chi connectivity index (χ0n) is 6.95. The van der Waals surface area contributed by atoms with E-state index in [0.717, 1.165) is 18.7 Å². The van der Waals surface area contributed by atoms with Crippen molar-refractivity contribution in [2.24, 2.45) is 5.73 Å². The summed E-state index contributed by atoms with van der Waals surface area (Å²) in [5, 5.41) is 7.29. The Morgan fingerprint density at radius 2 is 2.58 bits per heavy atom. The minimum atomic E-state index is 0.332. The summed E-state index contributed by atoms with van der Waals surface area (Å²) in [6, 6.07) is 0. The SMILES string of the molecule is Cc1cnn(CCNC(N)=S)c1. The van der Waals surface area contributed by atoms with Crippen LogP contribution >= 0.6 is 12.2 Å². The average Bonchev–Trinajstić information content (AvgIpc) is 2.35. The molecule has 0 spiro atoms. The van der Waals surface area contributed by atoms with Crippen LogP contribution in [0.15, 0.2) is 12.4 Å². The molecular weight excluding hydrogens is 172 g/mol. The zero-order valence-corrected chi connectivity index (χ0v) is 7.77. The molecule has 0 aromatic carbocycles. The highest BCUT2D eigenvalue weighted by atomic mass is 32.1. The van der Waals surface area contributed by atoms with Crippen molar-refractivity contribution in [1.82, 2.24) is 15.1 Å². The van der Waals surface area contributed by atoms with Crippen LogP contribution in [-0.4, -0.2) is 21.4 Å². The van der Waals surface area contributed by atoms with Crippen molar-refractivity contribution in [2.75, 3.05) is 6.54 Å². The van der Waals surface area contributed by atoms with Crippen molar-refractivity contribution in [1.29, 1.82) is 0 Å². The predicted molar refractivity (Wildman–Crippen MR) is 51.8 cm³/mol. The Kier molecular flexibility index (Phi) is 3.04. The third-order valence-electron chi connectivity index (χ3n) is 1.40. The van der Waals surface area contributed by atoms with Crippen LogP contribution in [0.25, 0.3) is 0 Å². The Morgan fingerprint density at radius 3 is 3.08 bits per heavy atom. The number of hydrogen-bond donors (Lipinski definition) is 2. The van der Waals surface area contributed by atoms with E-state index < -0.39 is 0 Å². The number of aryl methyl sites for hydroxylation is 1. The summed E-state index contributed by atoms with van der Waals surface area (Å²) in [4.78, 5) is 0. The molecule has 1 heterocycles. The second-order valence-electron chi connectivity index (χ2n) is 2.57. The molecule has 0 atom stereocenters. The van der Waals surface area contributed by atoms with Gasteiger partial charge in [-0.25, -0.2) is 0 Å². The van der Waals surface area contributed by atoms with Gasteiger partial charge in [0.05, 0.1) is 12.7 Å². The van der Waals surface area contributed by atoms with Crippen LogP contribution in [0.2, 0.25) is 0 Å². The van der Waals surface area contributed by atoms with Crippen molar-refractivity contribution in [3.8, 4) is 0 Å². The highest BCUT2D eigenvalue weighted by Gasteiger charge is 1.92. The van der Waals surface area contributed by atoms with Gasteiger partial charge in [0.15, 0.2) is 5.11 Å². The van der Waals surface area contributed by atoms with Crippen molar-refractivity contribution in [3.63, 3.8) is 0 Å². The van der Waals surface area contributed by atoms with E-state index in [9.17, 15) is 0 Å². The standard InChI is InChI=1S/C7H12N4S/c1-6-4-10-11(5-6)3-2-9-7(8)12/h4-5H,2-3H2,1H3,(H3,8,9,12). The summed E-state index contributed by atoms with van der Waals surface area (Å²) in [6.07, 6.45) is 3.79. The largest absolute Gasteiger partial charge is 0.376 e. The first kappa shape index (κ1) is 8.99. The molecule has 0 bridgehead atoms. The van der Waals surface area contributed by atoms with E-state index in [1.54, 1.807) is 0 Å². The molecule has 0 amide bonds. The normalized spacial score (nSPS) is 9.75. The lowest BCUT2D eigenvalue weighted by molar-refractivity contribution is 0.604. The van der Waals surface area contributed by atoms with Crippen molar-refractivity contribution in [2.45, 2.75) is 13.5 Å². The van der Waals surface area contributed by atoms with Gasteiger partial charge in [-0.1, -0.05) is 0 Å². The van der Waals surface area contributed by atoms with E-state index in [2.05, 4.69) is 22.6 Å². The quantitative estimate of drug-likeness (QED) is 0.650. The third kappa shape index (κ3) is 2.87. The number of nitrogens with zero attached hydrogens (tertiary/aromatic N) is 2. The molecule has 0 aliphatic carbocycles. The molecule has 1 aromatic rings. The maximum atomic E-state index is 5.25. The van der Waals surface area contributed by atoms with Gasteiger partial charge in [-0.15, -0.1) is 0 Å². The third-order valence-corrected chi connectivity index (χ3v) is 1.55. The molecule has 5 heteroatoms. The van der Waals surface area contributed by atoms with E-state index in [-0.39, 0.29) is 0 Å². The van der Waals surface area contributed by atoms with E-state index in [0.29, 0.717) is 5.11 Å². The van der Waals surface area contributed by atoms with E-state index in [1.807, 2.05) is 24.0 Å². The first-order valence-corrected chi connectivity index (χ1v) is 4.11. The van der Waals surface area contributed by atoms with Gasteiger partial charge in [0.2, 0.25) is 0 Å². The molecule has 1 aromatic heterocycles. The lowest BCUT2D eigenvalue weighted by atomic mass is 10.4. The van der Waals surface area contributed by atoms with Crippen molar-refractivity contribution < 1.29 is 0 Å². The number of hydrogen-bond acceptors (Lipinski definition) is 2. The Balaban J connectivity index is 2.29. The van der Waals surface area contributed by atoms with Gasteiger partial charge in [0, 0.05) is 12.7 Å². The summed E-state index contributed by atoms with van der Waals surface area (Å²) < 4.78 is 1.85. The Bertz CT molecular complexity index is 268. The molecule has 1 rings (SSSR count). The van der Waals surface area contributed by atoms with E-state index in [1.165, 1.54) is 0 Å². The molecule has 0 fully saturated rings. The summed E-state index contributed by atoms with van der Waals surface area (Å²) >= 11 is 4.65. The molecular formula is C7H12N4S. The highest BCUT2D eigenvalue weighted by molar-refractivity contribution is 7.80. The second kappa shape index (κ2) is 4.06. The Labute approximate surface area is 76.7 Å². The van der Waals surface area contributed by atoms with Crippen LogP contribution < -0.4 is 11.1 Å². The van der Waals surface area contributed by atoms with Crippen LogP contribution in [0.3, 0.4) is 0 Å². The van der Waals surface area contributed by atoms with Gasteiger partial charge < -0.3 is 11.1 Å². The fourth-order valence-corrected chi connectivity index (χ4v) is 0.985. The smallest absolute Gasteiger partial charge is 0.163 e. The number of rotatable bonds is 3. The molecule has 66 valence electrons. The lowest BCUT2D eigenvalue weighted by Crippen LogP contribution is -2.31. The Morgan fingerprint density at radius 1 is 1.83 bits per heavy atom. The summed E-state index contributed by atoms with van der Waals surface area (Å²) in [5.74, 6) is 0. The van der Waals surface area contributed by atoms with Gasteiger partial charge >= 0.3 is 0 Å². The van der Waals surface area contributed by atoms with Crippen molar-refractivity contribution >= 4 is 17.3 Å². The summed E-state index contributed by atoms with van der Waals surface area (Å²) in [7, 11) is 0. The van der Waals surface area contributed by atoms with Crippen LogP contribution in [0.1, 0.15) is 5.56 Å². The summed E-state index contributed by atoms with van der Waals surface area (Å²) in [5.41, 5.74) is 6.41. The van der Waals surface area contributed by atoms with Gasteiger partial charge in [-0.2, -0.15) is 5.10 Å². The Hall–Kier alpha value is -1.10. The predicted octanol–water partition coefficient (Wildman–Crippen LogP) is 0.0247. The molecule has 3 N–H and O–H groups in total. The molecule has 12 heavy (non-hydrogen) atoms. The molecule has 0 saturated carbocycles. The molecule has 0 saturated heterocycles. The number of aromatic nitrogens is 2. The minimum absolute atomic E-state index is 0.332. The van der Waals surface area contributed by atoms with Crippen LogP contribution in [0.4, 0.5) is 0 Å². The summed E-state index contributed by atoms with van der Waals surface area (Å²) in [6.45, 7) is 3.51. The van der Waals surface area contributed by atoms with Crippen LogP contribution in [0.5, 0.6) is 0 Å². The first-order valence-electron chi connectivity index (χ1n) is 3.71. The molecule has 0 radical (unpaired) electrons. The fraction of sp³-hybridized carbons (Fsp3) is 0.429. The van der Waals surface area contributed by atoms with Gasteiger partial charge in [-0.05, 0) is 24.7 Å². The first-order chi connectivity index (χ1) is 5.68. The minimum Gasteiger partial charge on any atom is -0.376 e. The molecule has 0 aliphatic heterocycles.